The molecule has 1 aliphatic rings. The molecule has 1 aliphatic heterocycles. The summed E-state index contributed by atoms with van der Waals surface area (Å²) in [6.45, 7) is 7.79. The number of aryl methyl sites for hydroxylation is 2. The first-order chi connectivity index (χ1) is 8.97. The lowest BCUT2D eigenvalue weighted by Gasteiger charge is -2.33. The first-order valence-corrected chi connectivity index (χ1v) is 7.10. The molecular weight excluding hydrogens is 236 g/mol. The van der Waals surface area contributed by atoms with Crippen LogP contribution in [0.15, 0.2) is 18.2 Å². The Balaban J connectivity index is 2.05. The van der Waals surface area contributed by atoms with Crippen molar-refractivity contribution in [3.05, 3.63) is 34.9 Å². The monoisotopic (exact) mass is 260 g/mol. The van der Waals surface area contributed by atoms with Crippen LogP contribution in [0.4, 0.5) is 0 Å². The lowest BCUT2D eigenvalue weighted by molar-refractivity contribution is 0.0681. The maximum absolute atomic E-state index is 12.5. The Morgan fingerprint density at radius 1 is 1.21 bits per heavy atom. The van der Waals surface area contributed by atoms with E-state index in [1.807, 2.05) is 30.9 Å². The van der Waals surface area contributed by atoms with Gasteiger partial charge in [0.25, 0.3) is 5.91 Å². The van der Waals surface area contributed by atoms with Crippen molar-refractivity contribution in [2.45, 2.75) is 39.7 Å². The zero-order chi connectivity index (χ0) is 14.0. The zero-order valence-electron chi connectivity index (χ0n) is 12.1. The van der Waals surface area contributed by atoms with Gasteiger partial charge in [-0.1, -0.05) is 17.2 Å². The molecule has 1 fully saturated rings. The van der Waals surface area contributed by atoms with Crippen LogP contribution in [0.2, 0.25) is 0 Å². The highest BCUT2D eigenvalue weighted by molar-refractivity contribution is 5.94. The molecule has 3 nitrogen and oxygen atoms in total. The lowest BCUT2D eigenvalue weighted by atomic mass is 9.90. The van der Waals surface area contributed by atoms with Crippen molar-refractivity contribution < 1.29 is 4.79 Å². The molecule has 1 saturated heterocycles. The summed E-state index contributed by atoms with van der Waals surface area (Å²) in [5, 5.41) is 0. The summed E-state index contributed by atoms with van der Waals surface area (Å²) in [6, 6.07) is 6.29. The molecule has 1 amide bonds. The second-order valence-corrected chi connectivity index (χ2v) is 5.87. The summed E-state index contributed by atoms with van der Waals surface area (Å²) in [6.07, 6.45) is 2.04. The van der Waals surface area contributed by atoms with Crippen molar-refractivity contribution in [3.63, 3.8) is 0 Å². The Hall–Kier alpha value is -1.35. The Labute approximate surface area is 115 Å². The summed E-state index contributed by atoms with van der Waals surface area (Å²) in [5.41, 5.74) is 9.05. The SMILES string of the molecule is Cc1cc(C)cc(C(=O)N2CCC(C(C)N)CC2)c1. The Bertz CT molecular complexity index is 440. The highest BCUT2D eigenvalue weighted by Crippen LogP contribution is 2.21. The largest absolute Gasteiger partial charge is 0.339 e. The summed E-state index contributed by atoms with van der Waals surface area (Å²) in [7, 11) is 0. The molecule has 0 bridgehead atoms. The average Bonchev–Trinajstić information content (AvgIpc) is 2.37. The Kier molecular flexibility index (Phi) is 4.25. The molecule has 3 heteroatoms. The van der Waals surface area contributed by atoms with Crippen molar-refractivity contribution in [2.24, 2.45) is 11.7 Å². The molecule has 0 radical (unpaired) electrons. The third-order valence-electron chi connectivity index (χ3n) is 4.04. The van der Waals surface area contributed by atoms with E-state index < -0.39 is 0 Å². The minimum absolute atomic E-state index is 0.162. The number of benzene rings is 1. The number of rotatable bonds is 2. The summed E-state index contributed by atoms with van der Waals surface area (Å²) in [4.78, 5) is 14.4. The van der Waals surface area contributed by atoms with Crippen LogP contribution in [-0.2, 0) is 0 Å². The van der Waals surface area contributed by atoms with E-state index in [9.17, 15) is 4.79 Å². The number of carbonyl (C=O) groups excluding carboxylic acids is 1. The Morgan fingerprint density at radius 2 is 1.74 bits per heavy atom. The van der Waals surface area contributed by atoms with Crippen molar-refractivity contribution >= 4 is 5.91 Å². The molecule has 0 spiro atoms. The molecular formula is C16H24N2O. The number of piperidine rings is 1. The van der Waals surface area contributed by atoms with Crippen molar-refractivity contribution in [2.75, 3.05) is 13.1 Å². The van der Waals surface area contributed by atoms with Crippen LogP contribution in [0.1, 0.15) is 41.3 Å². The van der Waals surface area contributed by atoms with Gasteiger partial charge >= 0.3 is 0 Å². The molecule has 1 aromatic rings. The van der Waals surface area contributed by atoms with E-state index >= 15 is 0 Å². The van der Waals surface area contributed by atoms with E-state index in [0.717, 1.165) is 42.6 Å². The molecule has 2 rings (SSSR count). The molecule has 1 aromatic carbocycles. The predicted molar refractivity (Wildman–Crippen MR) is 78.2 cm³/mol. The molecule has 0 saturated carbocycles. The van der Waals surface area contributed by atoms with Crippen LogP contribution in [-0.4, -0.2) is 29.9 Å². The van der Waals surface area contributed by atoms with Crippen LogP contribution >= 0.6 is 0 Å². The quantitative estimate of drug-likeness (QED) is 0.888. The fourth-order valence-corrected chi connectivity index (χ4v) is 2.91. The molecule has 104 valence electrons. The average molecular weight is 260 g/mol. The molecule has 2 N–H and O–H groups in total. The third kappa shape index (κ3) is 3.35. The van der Waals surface area contributed by atoms with Gasteiger partial charge in [-0.15, -0.1) is 0 Å². The van der Waals surface area contributed by atoms with Gasteiger partial charge < -0.3 is 10.6 Å². The zero-order valence-corrected chi connectivity index (χ0v) is 12.1. The molecule has 1 atom stereocenters. The van der Waals surface area contributed by atoms with Gasteiger partial charge in [0.1, 0.15) is 0 Å². The van der Waals surface area contributed by atoms with E-state index in [4.69, 9.17) is 5.73 Å². The number of nitrogens with two attached hydrogens (primary N) is 1. The van der Waals surface area contributed by atoms with Gasteiger partial charge in [-0.2, -0.15) is 0 Å². The van der Waals surface area contributed by atoms with Crippen LogP contribution < -0.4 is 5.73 Å². The predicted octanol–water partition coefficient (Wildman–Crippen LogP) is 2.50. The van der Waals surface area contributed by atoms with E-state index in [1.54, 1.807) is 0 Å². The maximum atomic E-state index is 12.5. The number of likely N-dealkylation sites (tertiary alicyclic amines) is 1. The van der Waals surface area contributed by atoms with Gasteiger partial charge in [0.2, 0.25) is 0 Å². The normalized spacial score (nSPS) is 18.4. The highest BCUT2D eigenvalue weighted by atomic mass is 16.2. The summed E-state index contributed by atoms with van der Waals surface area (Å²) >= 11 is 0. The lowest BCUT2D eigenvalue weighted by Crippen LogP contribution is -2.42. The Morgan fingerprint density at radius 3 is 2.21 bits per heavy atom. The van der Waals surface area contributed by atoms with E-state index in [-0.39, 0.29) is 11.9 Å². The molecule has 0 aromatic heterocycles. The third-order valence-corrected chi connectivity index (χ3v) is 4.04. The van der Waals surface area contributed by atoms with Gasteiger partial charge in [0.15, 0.2) is 0 Å². The molecule has 19 heavy (non-hydrogen) atoms. The maximum Gasteiger partial charge on any atom is 0.253 e. The minimum Gasteiger partial charge on any atom is -0.339 e. The van der Waals surface area contributed by atoms with Gasteiger partial charge in [0, 0.05) is 24.7 Å². The second kappa shape index (κ2) is 5.74. The second-order valence-electron chi connectivity index (χ2n) is 5.87. The fraction of sp³-hybridized carbons (Fsp3) is 0.562. The van der Waals surface area contributed by atoms with Gasteiger partial charge in [0.05, 0.1) is 0 Å². The number of nitrogens with zero attached hydrogens (tertiary/aromatic N) is 1. The van der Waals surface area contributed by atoms with Crippen LogP contribution in [0.25, 0.3) is 0 Å². The molecule has 1 unspecified atom stereocenters. The topological polar surface area (TPSA) is 46.3 Å². The first kappa shape index (κ1) is 14.1. The van der Waals surface area contributed by atoms with Crippen molar-refractivity contribution in [1.29, 1.82) is 0 Å². The summed E-state index contributed by atoms with van der Waals surface area (Å²) < 4.78 is 0. The highest BCUT2D eigenvalue weighted by Gasteiger charge is 2.25. The van der Waals surface area contributed by atoms with Crippen LogP contribution in [0, 0.1) is 19.8 Å². The van der Waals surface area contributed by atoms with Gasteiger partial charge in [-0.3, -0.25) is 4.79 Å². The van der Waals surface area contributed by atoms with Crippen LogP contribution in [0.5, 0.6) is 0 Å². The number of amides is 1. The minimum atomic E-state index is 0.162. The van der Waals surface area contributed by atoms with Crippen LogP contribution in [0.3, 0.4) is 0 Å². The fourth-order valence-electron chi connectivity index (χ4n) is 2.91. The number of hydrogen-bond donors (Lipinski definition) is 1. The smallest absolute Gasteiger partial charge is 0.253 e. The van der Waals surface area contributed by atoms with Crippen molar-refractivity contribution in [3.8, 4) is 0 Å². The number of hydrogen-bond acceptors (Lipinski definition) is 2. The van der Waals surface area contributed by atoms with Crippen molar-refractivity contribution in [1.82, 2.24) is 4.90 Å². The van der Waals surface area contributed by atoms with E-state index in [1.165, 1.54) is 0 Å². The first-order valence-electron chi connectivity index (χ1n) is 7.10. The molecule has 1 heterocycles. The molecule has 0 aliphatic carbocycles. The standard InChI is InChI=1S/C16H24N2O/c1-11-8-12(2)10-15(9-11)16(19)18-6-4-14(5-7-18)13(3)17/h8-10,13-14H,4-7,17H2,1-3H3. The van der Waals surface area contributed by atoms with E-state index in [0.29, 0.717) is 5.92 Å². The van der Waals surface area contributed by atoms with Gasteiger partial charge in [-0.25, -0.2) is 0 Å². The van der Waals surface area contributed by atoms with Gasteiger partial charge in [-0.05, 0) is 51.7 Å². The number of carbonyl (C=O) groups is 1. The summed E-state index contributed by atoms with van der Waals surface area (Å²) in [5.74, 6) is 0.721. The van der Waals surface area contributed by atoms with E-state index in [2.05, 4.69) is 13.0 Å².